The predicted molar refractivity (Wildman–Crippen MR) is 80.7 cm³/mol. The Morgan fingerprint density at radius 1 is 1.06 bits per heavy atom. The van der Waals surface area contributed by atoms with Crippen LogP contribution in [-0.4, -0.2) is 54.7 Å². The van der Waals surface area contributed by atoms with Crippen molar-refractivity contribution in [3.8, 4) is 0 Å². The van der Waals surface area contributed by atoms with E-state index >= 15 is 0 Å². The highest BCUT2D eigenvalue weighted by Gasteiger charge is 2.16. The summed E-state index contributed by atoms with van der Waals surface area (Å²) in [6, 6.07) is 8.92. The summed E-state index contributed by atoms with van der Waals surface area (Å²) in [5.74, 6) is 0.746. The minimum atomic E-state index is 0.746. The summed E-state index contributed by atoms with van der Waals surface area (Å²) in [4.78, 5) is 6.31. The molecule has 2 nitrogen and oxygen atoms in total. The maximum absolute atomic E-state index is 5.77. The Morgan fingerprint density at radius 3 is 2.22 bits per heavy atom. The molecule has 18 heavy (non-hydrogen) atoms. The number of hydrogen-bond acceptors (Lipinski definition) is 3. The Morgan fingerprint density at radius 2 is 1.67 bits per heavy atom. The van der Waals surface area contributed by atoms with E-state index in [4.69, 9.17) is 11.6 Å². The molecule has 1 saturated heterocycles. The van der Waals surface area contributed by atoms with Gasteiger partial charge < -0.3 is 0 Å². The van der Waals surface area contributed by atoms with Crippen LogP contribution < -0.4 is 0 Å². The van der Waals surface area contributed by atoms with Gasteiger partial charge in [-0.1, -0.05) is 12.1 Å². The van der Waals surface area contributed by atoms with Crippen LogP contribution in [-0.2, 0) is 6.54 Å². The molecule has 0 spiro atoms. The zero-order valence-corrected chi connectivity index (χ0v) is 12.5. The molecule has 1 aromatic carbocycles. The molecule has 0 aliphatic carbocycles. The number of halogens is 1. The Labute approximate surface area is 119 Å². The largest absolute Gasteiger partial charge is 0.300 e. The first-order valence-corrected chi connectivity index (χ1v) is 8.21. The summed E-state index contributed by atoms with van der Waals surface area (Å²) in [5, 5.41) is 0. The van der Waals surface area contributed by atoms with Crippen molar-refractivity contribution in [2.24, 2.45) is 0 Å². The second kappa shape index (κ2) is 7.39. The molecule has 0 bridgehead atoms. The van der Waals surface area contributed by atoms with Gasteiger partial charge in [0.05, 0.1) is 0 Å². The Hall–Kier alpha value is -0.220. The molecule has 0 amide bonds. The van der Waals surface area contributed by atoms with Crippen molar-refractivity contribution in [1.82, 2.24) is 9.80 Å². The first-order chi connectivity index (χ1) is 8.81. The molecule has 1 fully saturated rings. The van der Waals surface area contributed by atoms with Crippen molar-refractivity contribution in [3.05, 3.63) is 29.8 Å². The Bertz CT molecular complexity index is 347. The summed E-state index contributed by atoms with van der Waals surface area (Å²) in [6.07, 6.45) is 2.12. The molecule has 0 atom stereocenters. The van der Waals surface area contributed by atoms with Gasteiger partial charge >= 0.3 is 0 Å². The lowest BCUT2D eigenvalue weighted by atomic mass is 10.2. The molecule has 2 rings (SSSR count). The number of rotatable bonds is 5. The molecule has 1 aliphatic rings. The lowest BCUT2D eigenvalue weighted by Crippen LogP contribution is -2.46. The van der Waals surface area contributed by atoms with Gasteiger partial charge in [0.1, 0.15) is 0 Å². The molecule has 100 valence electrons. The highest BCUT2D eigenvalue weighted by atomic mass is 35.5. The van der Waals surface area contributed by atoms with Crippen LogP contribution in [0.15, 0.2) is 29.2 Å². The topological polar surface area (TPSA) is 6.48 Å². The van der Waals surface area contributed by atoms with Crippen LogP contribution in [0.4, 0.5) is 0 Å². The van der Waals surface area contributed by atoms with E-state index in [2.05, 4.69) is 40.3 Å². The third kappa shape index (κ3) is 4.16. The van der Waals surface area contributed by atoms with Gasteiger partial charge in [-0.3, -0.25) is 9.80 Å². The SMILES string of the molecule is CSc1ccc(CN2CCN(CCCl)CC2)cc1. The average Bonchev–Trinajstić information content (AvgIpc) is 2.42. The van der Waals surface area contributed by atoms with Crippen molar-refractivity contribution in [3.63, 3.8) is 0 Å². The second-order valence-corrected chi connectivity index (χ2v) is 5.91. The van der Waals surface area contributed by atoms with Crippen LogP contribution in [0, 0.1) is 0 Å². The zero-order valence-electron chi connectivity index (χ0n) is 10.9. The van der Waals surface area contributed by atoms with E-state index in [1.165, 1.54) is 10.5 Å². The van der Waals surface area contributed by atoms with E-state index in [-0.39, 0.29) is 0 Å². The van der Waals surface area contributed by atoms with E-state index in [9.17, 15) is 0 Å². The lowest BCUT2D eigenvalue weighted by molar-refractivity contribution is 0.132. The predicted octanol–water partition coefficient (Wildman–Crippen LogP) is 2.76. The smallest absolute Gasteiger partial charge is 0.0351 e. The van der Waals surface area contributed by atoms with Gasteiger partial charge in [-0.15, -0.1) is 23.4 Å². The number of alkyl halides is 1. The standard InChI is InChI=1S/C14H21ClN2S/c1-18-14-4-2-13(3-5-14)12-17-10-8-16(7-6-15)9-11-17/h2-5H,6-12H2,1H3. The third-order valence-corrected chi connectivity index (χ3v) is 4.34. The van der Waals surface area contributed by atoms with Crippen LogP contribution in [0.2, 0.25) is 0 Å². The zero-order chi connectivity index (χ0) is 12.8. The summed E-state index contributed by atoms with van der Waals surface area (Å²) in [7, 11) is 0. The van der Waals surface area contributed by atoms with Gasteiger partial charge in [0.25, 0.3) is 0 Å². The Kier molecular flexibility index (Phi) is 5.83. The van der Waals surface area contributed by atoms with E-state index < -0.39 is 0 Å². The van der Waals surface area contributed by atoms with Gasteiger partial charge in [-0.05, 0) is 24.0 Å². The molecule has 0 N–H and O–H groups in total. The molecular weight excluding hydrogens is 264 g/mol. The third-order valence-electron chi connectivity index (χ3n) is 3.43. The molecule has 1 aliphatic heterocycles. The normalized spacial score (nSPS) is 18.1. The summed E-state index contributed by atoms with van der Waals surface area (Å²) >= 11 is 7.57. The van der Waals surface area contributed by atoms with E-state index in [0.717, 1.165) is 45.1 Å². The molecule has 4 heteroatoms. The van der Waals surface area contributed by atoms with Crippen LogP contribution in [0.3, 0.4) is 0 Å². The average molecular weight is 285 g/mol. The molecule has 1 aromatic rings. The fraction of sp³-hybridized carbons (Fsp3) is 0.571. The number of hydrogen-bond donors (Lipinski definition) is 0. The molecular formula is C14H21ClN2S. The minimum Gasteiger partial charge on any atom is -0.300 e. The van der Waals surface area contributed by atoms with E-state index in [1.54, 1.807) is 11.8 Å². The van der Waals surface area contributed by atoms with E-state index in [1.807, 2.05) is 0 Å². The van der Waals surface area contributed by atoms with Gasteiger partial charge in [0, 0.05) is 50.0 Å². The summed E-state index contributed by atoms with van der Waals surface area (Å²) in [5.41, 5.74) is 1.42. The maximum atomic E-state index is 5.77. The van der Waals surface area contributed by atoms with Crippen LogP contribution in [0.1, 0.15) is 5.56 Å². The highest BCUT2D eigenvalue weighted by molar-refractivity contribution is 7.98. The number of benzene rings is 1. The molecule has 1 heterocycles. The van der Waals surface area contributed by atoms with Gasteiger partial charge in [-0.25, -0.2) is 0 Å². The molecule has 0 unspecified atom stereocenters. The number of piperazine rings is 1. The first kappa shape index (κ1) is 14.2. The molecule has 0 saturated carbocycles. The first-order valence-electron chi connectivity index (χ1n) is 6.45. The maximum Gasteiger partial charge on any atom is 0.0351 e. The van der Waals surface area contributed by atoms with Crippen molar-refractivity contribution >= 4 is 23.4 Å². The summed E-state index contributed by atoms with van der Waals surface area (Å²) in [6.45, 7) is 6.70. The molecule has 0 radical (unpaired) electrons. The van der Waals surface area contributed by atoms with Crippen LogP contribution in [0.25, 0.3) is 0 Å². The Balaban J connectivity index is 1.80. The quantitative estimate of drug-likeness (QED) is 0.606. The number of thioether (sulfide) groups is 1. The van der Waals surface area contributed by atoms with Crippen molar-refractivity contribution in [1.29, 1.82) is 0 Å². The summed E-state index contributed by atoms with van der Waals surface area (Å²) < 4.78 is 0. The fourth-order valence-electron chi connectivity index (χ4n) is 2.28. The van der Waals surface area contributed by atoms with Crippen molar-refractivity contribution < 1.29 is 0 Å². The number of nitrogens with zero attached hydrogens (tertiary/aromatic N) is 2. The van der Waals surface area contributed by atoms with Crippen molar-refractivity contribution in [2.45, 2.75) is 11.4 Å². The van der Waals surface area contributed by atoms with Crippen LogP contribution in [0.5, 0.6) is 0 Å². The monoisotopic (exact) mass is 284 g/mol. The molecule has 0 aromatic heterocycles. The van der Waals surface area contributed by atoms with Gasteiger partial charge in [0.2, 0.25) is 0 Å². The highest BCUT2D eigenvalue weighted by Crippen LogP contribution is 2.16. The second-order valence-electron chi connectivity index (χ2n) is 4.65. The minimum absolute atomic E-state index is 0.746. The lowest BCUT2D eigenvalue weighted by Gasteiger charge is -2.34. The van der Waals surface area contributed by atoms with Crippen LogP contribution >= 0.6 is 23.4 Å². The van der Waals surface area contributed by atoms with Gasteiger partial charge in [0.15, 0.2) is 0 Å². The fourth-order valence-corrected chi connectivity index (χ4v) is 2.93. The van der Waals surface area contributed by atoms with Crippen molar-refractivity contribution in [2.75, 3.05) is 44.9 Å². The van der Waals surface area contributed by atoms with Gasteiger partial charge in [-0.2, -0.15) is 0 Å². The van der Waals surface area contributed by atoms with E-state index in [0.29, 0.717) is 0 Å².